The summed E-state index contributed by atoms with van der Waals surface area (Å²) in [6.45, 7) is 1.10. The molecule has 0 unspecified atom stereocenters. The van der Waals surface area contributed by atoms with E-state index in [0.717, 1.165) is 61.9 Å². The van der Waals surface area contributed by atoms with Crippen LogP contribution in [-0.4, -0.2) is 73.8 Å². The number of likely N-dealkylation sites (tertiary alicyclic amines) is 1. The second kappa shape index (κ2) is 14.4. The van der Waals surface area contributed by atoms with Gasteiger partial charge < -0.3 is 20.1 Å². The van der Waals surface area contributed by atoms with Crippen molar-refractivity contribution >= 4 is 30.4 Å². The lowest BCUT2D eigenvalue weighted by Gasteiger charge is -2.37. The zero-order valence-electron chi connectivity index (χ0n) is 24.5. The summed E-state index contributed by atoms with van der Waals surface area (Å²) in [7, 11) is 2.50. The van der Waals surface area contributed by atoms with Crippen LogP contribution in [0, 0.1) is 17.5 Å². The Balaban J connectivity index is 0.00000442. The number of benzene rings is 2. The summed E-state index contributed by atoms with van der Waals surface area (Å²) in [5, 5.41) is 5.42. The summed E-state index contributed by atoms with van der Waals surface area (Å²) in [6, 6.07) is 6.80. The molecule has 0 radical (unpaired) electrons. The SMILES string of the molecule is COCC1=C(C(=O)OC)[C@H](c2ccc(F)c(F)c2)N(C(=O)N[C@@H]2CCN([C@H]3CC[C@H](c4ccccc4F)CC3)C2)C(=O)N1.Cl. The average molecular weight is 637 g/mol. The third-order valence-corrected chi connectivity index (χ3v) is 8.61. The first kappa shape index (κ1) is 33.3. The fourth-order valence-corrected chi connectivity index (χ4v) is 6.52. The second-order valence-electron chi connectivity index (χ2n) is 11.2. The van der Waals surface area contributed by atoms with E-state index in [0.29, 0.717) is 19.0 Å². The maximum Gasteiger partial charge on any atom is 0.338 e. The molecule has 0 spiro atoms. The van der Waals surface area contributed by atoms with Gasteiger partial charge in [-0.2, -0.15) is 0 Å². The molecule has 2 heterocycles. The van der Waals surface area contributed by atoms with E-state index >= 15 is 0 Å². The molecular formula is C31H36ClF3N4O5. The molecule has 5 rings (SSSR count). The molecule has 9 nitrogen and oxygen atoms in total. The van der Waals surface area contributed by atoms with Crippen molar-refractivity contribution in [1.29, 1.82) is 0 Å². The Morgan fingerprint density at radius 1 is 0.977 bits per heavy atom. The van der Waals surface area contributed by atoms with Crippen LogP contribution in [0.1, 0.15) is 55.2 Å². The van der Waals surface area contributed by atoms with Gasteiger partial charge in [0.2, 0.25) is 0 Å². The fourth-order valence-electron chi connectivity index (χ4n) is 6.52. The van der Waals surface area contributed by atoms with E-state index in [4.69, 9.17) is 9.47 Å². The van der Waals surface area contributed by atoms with Crippen LogP contribution >= 0.6 is 12.4 Å². The van der Waals surface area contributed by atoms with Crippen molar-refractivity contribution in [2.75, 3.05) is 33.9 Å². The highest BCUT2D eigenvalue weighted by atomic mass is 35.5. The topological polar surface area (TPSA) is 100 Å². The third kappa shape index (κ3) is 6.87. The summed E-state index contributed by atoms with van der Waals surface area (Å²) in [4.78, 5) is 43.0. The Bertz CT molecular complexity index is 1420. The lowest BCUT2D eigenvalue weighted by Crippen LogP contribution is -2.56. The molecule has 1 saturated heterocycles. The van der Waals surface area contributed by atoms with Gasteiger partial charge >= 0.3 is 18.0 Å². The largest absolute Gasteiger partial charge is 0.466 e. The molecule has 13 heteroatoms. The minimum atomic E-state index is -1.40. The maximum absolute atomic E-state index is 14.3. The van der Waals surface area contributed by atoms with Crippen LogP contribution in [0.25, 0.3) is 0 Å². The summed E-state index contributed by atoms with van der Waals surface area (Å²) in [5.74, 6) is -3.16. The van der Waals surface area contributed by atoms with E-state index < -0.39 is 35.7 Å². The second-order valence-corrected chi connectivity index (χ2v) is 11.2. The van der Waals surface area contributed by atoms with Gasteiger partial charge in [-0.05, 0) is 67.3 Å². The molecule has 2 N–H and O–H groups in total. The van der Waals surface area contributed by atoms with Gasteiger partial charge in [0.25, 0.3) is 0 Å². The number of carbonyl (C=O) groups is 3. The fraction of sp³-hybridized carbons (Fsp3) is 0.452. The number of imide groups is 1. The highest BCUT2D eigenvalue weighted by Crippen LogP contribution is 2.38. The van der Waals surface area contributed by atoms with Crippen molar-refractivity contribution < 1.29 is 37.0 Å². The number of hydrogen-bond acceptors (Lipinski definition) is 6. The summed E-state index contributed by atoms with van der Waals surface area (Å²) >= 11 is 0. The number of urea groups is 2. The predicted molar refractivity (Wildman–Crippen MR) is 158 cm³/mol. The molecule has 238 valence electrons. The maximum atomic E-state index is 14.3. The van der Waals surface area contributed by atoms with E-state index in [1.807, 2.05) is 12.1 Å². The molecule has 2 aromatic carbocycles. The molecule has 0 bridgehead atoms. The number of methoxy groups -OCH3 is 2. The van der Waals surface area contributed by atoms with Crippen molar-refractivity contribution in [2.45, 2.75) is 56.1 Å². The Kier molecular flexibility index (Phi) is 10.9. The van der Waals surface area contributed by atoms with Crippen LogP contribution in [0.4, 0.5) is 22.8 Å². The first-order valence-electron chi connectivity index (χ1n) is 14.4. The number of amides is 4. The van der Waals surface area contributed by atoms with Crippen LogP contribution in [0.3, 0.4) is 0 Å². The average Bonchev–Trinajstić information content (AvgIpc) is 3.46. The molecule has 4 amide bonds. The van der Waals surface area contributed by atoms with Gasteiger partial charge in [-0.1, -0.05) is 24.3 Å². The van der Waals surface area contributed by atoms with E-state index in [1.54, 1.807) is 6.07 Å². The third-order valence-electron chi connectivity index (χ3n) is 8.61. The highest BCUT2D eigenvalue weighted by molar-refractivity contribution is 6.01. The Hall–Kier alpha value is -3.61. The molecule has 0 aromatic heterocycles. The summed E-state index contributed by atoms with van der Waals surface area (Å²) < 4.78 is 52.5. The predicted octanol–water partition coefficient (Wildman–Crippen LogP) is 5.18. The standard InChI is InChI=1S/C31H35F3N4O5.ClH/c1-42-17-26-27(29(39)43-2)28(19-9-12-24(33)25(34)15-19)38(31(41)36-26)30(40)35-20-13-14-37(16-20)21-10-7-18(8-11-21)22-5-3-4-6-23(22)32;/h3-6,9,12,15,18,20-21,28H,7-8,10-11,13-14,16-17H2,1-2H3,(H,35,40)(H,36,41);1H/t18-,20-,21-,28+;/m1./s1. The van der Waals surface area contributed by atoms with Crippen molar-refractivity contribution in [3.8, 4) is 0 Å². The summed E-state index contributed by atoms with van der Waals surface area (Å²) in [6.07, 6.45) is 4.19. The van der Waals surface area contributed by atoms with Gasteiger partial charge in [-0.25, -0.2) is 32.5 Å². The molecular weight excluding hydrogens is 601 g/mol. The Labute approximate surface area is 260 Å². The van der Waals surface area contributed by atoms with E-state index in [1.165, 1.54) is 19.2 Å². The number of rotatable bonds is 7. The number of ether oxygens (including phenoxy) is 2. The van der Waals surface area contributed by atoms with Crippen molar-refractivity contribution in [3.63, 3.8) is 0 Å². The van der Waals surface area contributed by atoms with Gasteiger partial charge in [0.05, 0.1) is 25.0 Å². The first-order valence-corrected chi connectivity index (χ1v) is 14.4. The van der Waals surface area contributed by atoms with Crippen LogP contribution in [0.15, 0.2) is 53.7 Å². The van der Waals surface area contributed by atoms with Crippen LogP contribution in [0.2, 0.25) is 0 Å². The number of nitrogens with zero attached hydrogens (tertiary/aromatic N) is 2. The Morgan fingerprint density at radius 2 is 1.70 bits per heavy atom. The minimum absolute atomic E-state index is 0. The summed E-state index contributed by atoms with van der Waals surface area (Å²) in [5.41, 5.74) is 0.690. The van der Waals surface area contributed by atoms with Gasteiger partial charge in [-0.3, -0.25) is 4.90 Å². The smallest absolute Gasteiger partial charge is 0.338 e. The molecule has 2 aliphatic heterocycles. The van der Waals surface area contributed by atoms with Crippen LogP contribution in [0.5, 0.6) is 0 Å². The monoisotopic (exact) mass is 636 g/mol. The number of halogens is 4. The quantitative estimate of drug-likeness (QED) is 0.407. The van der Waals surface area contributed by atoms with E-state index in [-0.39, 0.29) is 53.6 Å². The van der Waals surface area contributed by atoms with Gasteiger partial charge in [-0.15, -0.1) is 12.4 Å². The molecule has 2 atom stereocenters. The lowest BCUT2D eigenvalue weighted by atomic mass is 9.81. The molecule has 44 heavy (non-hydrogen) atoms. The zero-order chi connectivity index (χ0) is 30.7. The molecule has 2 aromatic rings. The Morgan fingerprint density at radius 3 is 2.36 bits per heavy atom. The normalized spacial score (nSPS) is 24.0. The van der Waals surface area contributed by atoms with Crippen molar-refractivity contribution in [2.24, 2.45) is 0 Å². The van der Waals surface area contributed by atoms with E-state index in [2.05, 4.69) is 15.5 Å². The van der Waals surface area contributed by atoms with Gasteiger partial charge in [0.1, 0.15) is 11.9 Å². The van der Waals surface area contributed by atoms with Crippen LogP contribution < -0.4 is 10.6 Å². The molecule has 3 aliphatic rings. The molecule has 2 fully saturated rings. The van der Waals surface area contributed by atoms with Crippen LogP contribution in [-0.2, 0) is 14.3 Å². The van der Waals surface area contributed by atoms with Gasteiger partial charge in [0.15, 0.2) is 11.6 Å². The van der Waals surface area contributed by atoms with Gasteiger partial charge in [0, 0.05) is 32.3 Å². The van der Waals surface area contributed by atoms with Crippen molar-refractivity contribution in [3.05, 3.63) is 82.3 Å². The molecule has 1 aliphatic carbocycles. The number of carbonyl (C=O) groups excluding carboxylic acids is 3. The highest BCUT2D eigenvalue weighted by Gasteiger charge is 2.44. The number of esters is 1. The zero-order valence-corrected chi connectivity index (χ0v) is 25.3. The molecule has 1 saturated carbocycles. The number of hydrogen-bond donors (Lipinski definition) is 2. The number of nitrogens with one attached hydrogen (secondary N) is 2. The first-order chi connectivity index (χ1) is 20.7. The minimum Gasteiger partial charge on any atom is -0.466 e. The lowest BCUT2D eigenvalue weighted by molar-refractivity contribution is -0.137. The van der Waals surface area contributed by atoms with Crippen molar-refractivity contribution in [1.82, 2.24) is 20.4 Å². The van der Waals surface area contributed by atoms with E-state index in [9.17, 15) is 27.6 Å².